The number of thiophene rings is 1. The van der Waals surface area contributed by atoms with Gasteiger partial charge in [0.25, 0.3) is 0 Å². The minimum Gasteiger partial charge on any atom is -0.461 e. The molecule has 0 atom stereocenters. The summed E-state index contributed by atoms with van der Waals surface area (Å²) in [6.07, 6.45) is 5.71. The van der Waals surface area contributed by atoms with Crippen LogP contribution in [0.4, 0.5) is 0 Å². The van der Waals surface area contributed by atoms with Crippen LogP contribution in [0.25, 0.3) is 11.6 Å². The fourth-order valence-corrected chi connectivity index (χ4v) is 3.95. The quantitative estimate of drug-likeness (QED) is 0.729. The average Bonchev–Trinajstić information content (AvgIpc) is 3.26. The van der Waals surface area contributed by atoms with Crippen LogP contribution < -0.4 is 0 Å². The molecule has 1 aliphatic rings. The van der Waals surface area contributed by atoms with Crippen molar-refractivity contribution < 1.29 is 4.42 Å². The van der Waals surface area contributed by atoms with Crippen molar-refractivity contribution >= 4 is 11.3 Å². The van der Waals surface area contributed by atoms with Crippen molar-refractivity contribution in [3.63, 3.8) is 0 Å². The van der Waals surface area contributed by atoms with Crippen LogP contribution >= 0.6 is 11.3 Å². The van der Waals surface area contributed by atoms with Gasteiger partial charge in [0.2, 0.25) is 0 Å². The number of hydrogen-bond acceptors (Lipinski definition) is 5. The van der Waals surface area contributed by atoms with E-state index in [9.17, 15) is 0 Å². The molecule has 4 rings (SSSR count). The van der Waals surface area contributed by atoms with Gasteiger partial charge in [-0.05, 0) is 30.7 Å². The summed E-state index contributed by atoms with van der Waals surface area (Å²) in [5.74, 6) is 1.42. The van der Waals surface area contributed by atoms with Crippen molar-refractivity contribution in [3.8, 4) is 11.6 Å². The van der Waals surface area contributed by atoms with E-state index in [0.717, 1.165) is 43.9 Å². The smallest absolute Gasteiger partial charge is 0.195 e. The number of fused-ring (bicyclic) bond motifs is 1. The lowest BCUT2D eigenvalue weighted by atomic mass is 10.1. The third kappa shape index (κ3) is 3.07. The molecule has 4 nitrogen and oxygen atoms in total. The first-order valence-electron chi connectivity index (χ1n) is 8.00. The molecule has 118 valence electrons. The number of aryl methyl sites for hydroxylation is 1. The third-order valence-electron chi connectivity index (χ3n) is 4.20. The first-order valence-corrected chi connectivity index (χ1v) is 8.82. The lowest BCUT2D eigenvalue weighted by Crippen LogP contribution is -2.30. The van der Waals surface area contributed by atoms with Gasteiger partial charge < -0.3 is 4.42 Å². The zero-order valence-corrected chi connectivity index (χ0v) is 14.0. The summed E-state index contributed by atoms with van der Waals surface area (Å²) < 4.78 is 5.39. The lowest BCUT2D eigenvalue weighted by Gasteiger charge is -2.27. The van der Waals surface area contributed by atoms with E-state index in [1.807, 2.05) is 29.7 Å². The highest BCUT2D eigenvalue weighted by molar-refractivity contribution is 7.11. The topological polar surface area (TPSA) is 42.2 Å². The fraction of sp³-hybridized carbons (Fsp3) is 0.333. The Bertz CT molecular complexity index is 794. The Morgan fingerprint density at radius 1 is 1.26 bits per heavy atom. The van der Waals surface area contributed by atoms with Crippen molar-refractivity contribution in [1.82, 2.24) is 14.9 Å². The van der Waals surface area contributed by atoms with E-state index >= 15 is 0 Å². The Labute approximate surface area is 139 Å². The van der Waals surface area contributed by atoms with Gasteiger partial charge in [-0.15, -0.1) is 11.3 Å². The molecule has 0 saturated carbocycles. The molecule has 0 saturated heterocycles. The molecule has 0 aromatic carbocycles. The third-order valence-corrected chi connectivity index (χ3v) is 5.41. The van der Waals surface area contributed by atoms with Crippen LogP contribution in [0, 0.1) is 0 Å². The van der Waals surface area contributed by atoms with Gasteiger partial charge in [-0.2, -0.15) is 0 Å². The maximum Gasteiger partial charge on any atom is 0.195 e. The van der Waals surface area contributed by atoms with Crippen LogP contribution in [0.3, 0.4) is 0 Å². The summed E-state index contributed by atoms with van der Waals surface area (Å²) >= 11 is 1.92. The Kier molecular flexibility index (Phi) is 3.97. The minimum absolute atomic E-state index is 0.688. The first-order chi connectivity index (χ1) is 11.3. The van der Waals surface area contributed by atoms with Gasteiger partial charge in [0.05, 0.1) is 12.0 Å². The van der Waals surface area contributed by atoms with E-state index in [1.54, 1.807) is 6.26 Å². The Morgan fingerprint density at radius 3 is 2.96 bits per heavy atom. The molecule has 4 heterocycles. The van der Waals surface area contributed by atoms with Crippen LogP contribution in [0.5, 0.6) is 0 Å². The molecular weight excluding hydrogens is 306 g/mol. The SMILES string of the molecule is CCc1ccc(CN2CCc3nc(-c4ccco4)ncc3C2)s1. The van der Waals surface area contributed by atoms with Crippen LogP contribution in [0.1, 0.15) is 27.9 Å². The second kappa shape index (κ2) is 6.26. The van der Waals surface area contributed by atoms with E-state index in [0.29, 0.717) is 5.82 Å². The van der Waals surface area contributed by atoms with Gasteiger partial charge in [-0.3, -0.25) is 4.90 Å². The zero-order valence-electron chi connectivity index (χ0n) is 13.2. The van der Waals surface area contributed by atoms with Gasteiger partial charge in [-0.1, -0.05) is 6.92 Å². The molecule has 23 heavy (non-hydrogen) atoms. The predicted octanol–water partition coefficient (Wildman–Crippen LogP) is 3.92. The second-order valence-corrected chi connectivity index (χ2v) is 7.08. The van der Waals surface area contributed by atoms with Gasteiger partial charge in [-0.25, -0.2) is 9.97 Å². The molecule has 0 bridgehead atoms. The summed E-state index contributed by atoms with van der Waals surface area (Å²) in [7, 11) is 0. The fourth-order valence-electron chi connectivity index (χ4n) is 2.95. The standard InChI is InChI=1S/C18H19N3OS/c1-2-14-5-6-15(23-14)12-21-8-7-16-13(11-21)10-19-18(20-16)17-4-3-9-22-17/h3-6,9-10H,2,7-8,11-12H2,1H3. The predicted molar refractivity (Wildman–Crippen MR) is 91.2 cm³/mol. The van der Waals surface area contributed by atoms with Gasteiger partial charge >= 0.3 is 0 Å². The first kappa shape index (κ1) is 14.6. The van der Waals surface area contributed by atoms with Gasteiger partial charge in [0.15, 0.2) is 11.6 Å². The molecular formula is C18H19N3OS. The Balaban J connectivity index is 1.49. The zero-order chi connectivity index (χ0) is 15.6. The number of rotatable bonds is 4. The monoisotopic (exact) mass is 325 g/mol. The Morgan fingerprint density at radius 2 is 2.17 bits per heavy atom. The highest BCUT2D eigenvalue weighted by atomic mass is 32.1. The van der Waals surface area contributed by atoms with Crippen LogP contribution in [0.15, 0.2) is 41.1 Å². The lowest BCUT2D eigenvalue weighted by molar-refractivity contribution is 0.245. The van der Waals surface area contributed by atoms with E-state index in [2.05, 4.69) is 33.9 Å². The molecule has 3 aromatic rings. The number of furan rings is 1. The normalized spacial score (nSPS) is 14.8. The maximum absolute atomic E-state index is 5.39. The number of aromatic nitrogens is 2. The van der Waals surface area contributed by atoms with Gasteiger partial charge in [0, 0.05) is 47.6 Å². The Hall–Kier alpha value is -1.98. The van der Waals surface area contributed by atoms with Crippen molar-refractivity contribution in [2.24, 2.45) is 0 Å². The second-order valence-electron chi connectivity index (χ2n) is 5.83. The van der Waals surface area contributed by atoms with Crippen molar-refractivity contribution in [2.45, 2.75) is 32.9 Å². The molecule has 1 aliphatic heterocycles. The van der Waals surface area contributed by atoms with Crippen molar-refractivity contribution in [3.05, 3.63) is 57.7 Å². The van der Waals surface area contributed by atoms with Crippen LogP contribution in [-0.2, 0) is 25.9 Å². The van der Waals surface area contributed by atoms with Crippen LogP contribution in [0.2, 0.25) is 0 Å². The van der Waals surface area contributed by atoms with E-state index < -0.39 is 0 Å². The summed E-state index contributed by atoms with van der Waals surface area (Å²) in [4.78, 5) is 14.5. The van der Waals surface area contributed by atoms with E-state index in [1.165, 1.54) is 15.3 Å². The molecule has 0 aliphatic carbocycles. The largest absolute Gasteiger partial charge is 0.461 e. The number of hydrogen-bond donors (Lipinski definition) is 0. The van der Waals surface area contributed by atoms with Crippen molar-refractivity contribution in [1.29, 1.82) is 0 Å². The van der Waals surface area contributed by atoms with Crippen molar-refractivity contribution in [2.75, 3.05) is 6.54 Å². The molecule has 0 spiro atoms. The molecule has 0 radical (unpaired) electrons. The van der Waals surface area contributed by atoms with E-state index in [-0.39, 0.29) is 0 Å². The maximum atomic E-state index is 5.39. The summed E-state index contributed by atoms with van der Waals surface area (Å²) in [5.41, 5.74) is 2.39. The molecule has 0 fully saturated rings. The molecule has 0 unspecified atom stereocenters. The van der Waals surface area contributed by atoms with E-state index in [4.69, 9.17) is 4.42 Å². The van der Waals surface area contributed by atoms with Crippen LogP contribution in [-0.4, -0.2) is 21.4 Å². The summed E-state index contributed by atoms with van der Waals surface area (Å²) in [6.45, 7) is 5.19. The summed E-state index contributed by atoms with van der Waals surface area (Å²) in [5, 5.41) is 0. The highest BCUT2D eigenvalue weighted by Crippen LogP contribution is 2.24. The molecule has 3 aromatic heterocycles. The number of nitrogens with zero attached hydrogens (tertiary/aromatic N) is 3. The summed E-state index contributed by atoms with van der Waals surface area (Å²) in [6, 6.07) is 8.27. The minimum atomic E-state index is 0.688. The molecule has 0 amide bonds. The average molecular weight is 325 g/mol. The molecule has 0 N–H and O–H groups in total. The van der Waals surface area contributed by atoms with Gasteiger partial charge in [0.1, 0.15) is 0 Å². The molecule has 5 heteroatoms. The highest BCUT2D eigenvalue weighted by Gasteiger charge is 2.19.